The summed E-state index contributed by atoms with van der Waals surface area (Å²) in [6, 6.07) is 3.49. The predicted molar refractivity (Wildman–Crippen MR) is 44.6 cm³/mol. The SMILES string of the molecule is CN(C)C(=O)NCc1ccco1. The highest BCUT2D eigenvalue weighted by Gasteiger charge is 2.02. The average Bonchev–Trinajstić information content (AvgIpc) is 2.51. The molecule has 1 heterocycles. The van der Waals surface area contributed by atoms with Gasteiger partial charge in [-0.25, -0.2) is 4.79 Å². The van der Waals surface area contributed by atoms with E-state index in [1.54, 1.807) is 26.4 Å². The van der Waals surface area contributed by atoms with Gasteiger partial charge in [0.2, 0.25) is 0 Å². The number of nitrogens with one attached hydrogen (secondary N) is 1. The Balaban J connectivity index is 2.32. The molecule has 0 saturated heterocycles. The Hall–Kier alpha value is -1.45. The van der Waals surface area contributed by atoms with E-state index in [9.17, 15) is 4.79 Å². The number of carbonyl (C=O) groups excluding carboxylic acids is 1. The van der Waals surface area contributed by atoms with Crippen LogP contribution in [0.5, 0.6) is 0 Å². The van der Waals surface area contributed by atoms with Crippen LogP contribution >= 0.6 is 0 Å². The Morgan fingerprint density at radius 3 is 2.92 bits per heavy atom. The first-order chi connectivity index (χ1) is 5.70. The second kappa shape index (κ2) is 3.80. The van der Waals surface area contributed by atoms with Gasteiger partial charge in [-0.3, -0.25) is 0 Å². The lowest BCUT2D eigenvalue weighted by atomic mass is 10.4. The fraction of sp³-hybridized carbons (Fsp3) is 0.375. The molecular weight excluding hydrogens is 156 g/mol. The molecule has 1 N–H and O–H groups in total. The summed E-state index contributed by atoms with van der Waals surface area (Å²) in [5.41, 5.74) is 0. The van der Waals surface area contributed by atoms with Gasteiger partial charge in [-0.15, -0.1) is 0 Å². The largest absolute Gasteiger partial charge is 0.467 e. The zero-order valence-corrected chi connectivity index (χ0v) is 7.20. The Labute approximate surface area is 71.2 Å². The highest BCUT2D eigenvalue weighted by atomic mass is 16.3. The molecule has 0 atom stereocenters. The van der Waals surface area contributed by atoms with Crippen LogP contribution in [-0.4, -0.2) is 25.0 Å². The Morgan fingerprint density at radius 1 is 1.67 bits per heavy atom. The van der Waals surface area contributed by atoms with Crippen molar-refractivity contribution in [2.75, 3.05) is 14.1 Å². The van der Waals surface area contributed by atoms with Crippen molar-refractivity contribution in [3.8, 4) is 0 Å². The minimum absolute atomic E-state index is 0.119. The molecular formula is C8H12N2O2. The van der Waals surface area contributed by atoms with Gasteiger partial charge in [0.25, 0.3) is 0 Å². The highest BCUT2D eigenvalue weighted by Crippen LogP contribution is 1.98. The smallest absolute Gasteiger partial charge is 0.317 e. The van der Waals surface area contributed by atoms with Crippen LogP contribution in [-0.2, 0) is 6.54 Å². The van der Waals surface area contributed by atoms with Crippen LogP contribution in [0, 0.1) is 0 Å². The normalized spacial score (nSPS) is 9.50. The van der Waals surface area contributed by atoms with Gasteiger partial charge in [-0.05, 0) is 12.1 Å². The Bertz CT molecular complexity index is 242. The third kappa shape index (κ3) is 2.30. The van der Waals surface area contributed by atoms with E-state index >= 15 is 0 Å². The summed E-state index contributed by atoms with van der Waals surface area (Å²) >= 11 is 0. The molecule has 0 aliphatic rings. The summed E-state index contributed by atoms with van der Waals surface area (Å²) in [4.78, 5) is 12.5. The lowest BCUT2D eigenvalue weighted by molar-refractivity contribution is 0.216. The second-order valence-electron chi connectivity index (χ2n) is 2.63. The molecule has 4 nitrogen and oxygen atoms in total. The first-order valence-corrected chi connectivity index (χ1v) is 3.67. The third-order valence-corrected chi connectivity index (χ3v) is 1.40. The molecule has 1 aromatic heterocycles. The molecule has 0 radical (unpaired) electrons. The van der Waals surface area contributed by atoms with Crippen LogP contribution in [0.1, 0.15) is 5.76 Å². The number of rotatable bonds is 2. The fourth-order valence-corrected chi connectivity index (χ4v) is 0.734. The van der Waals surface area contributed by atoms with Crippen molar-refractivity contribution in [1.82, 2.24) is 10.2 Å². The maximum atomic E-state index is 11.0. The summed E-state index contributed by atoms with van der Waals surface area (Å²) in [6.45, 7) is 0.435. The fourth-order valence-electron chi connectivity index (χ4n) is 0.734. The first-order valence-electron chi connectivity index (χ1n) is 3.67. The lowest BCUT2D eigenvalue weighted by Crippen LogP contribution is -2.33. The molecule has 1 rings (SSSR count). The van der Waals surface area contributed by atoms with Gasteiger partial charge in [0.1, 0.15) is 5.76 Å². The van der Waals surface area contributed by atoms with Crippen molar-refractivity contribution in [2.45, 2.75) is 6.54 Å². The molecule has 0 aromatic carbocycles. The summed E-state index contributed by atoms with van der Waals surface area (Å²) in [6.07, 6.45) is 1.58. The van der Waals surface area contributed by atoms with Gasteiger partial charge in [0.15, 0.2) is 0 Å². The molecule has 1 aromatic rings. The number of hydrogen-bond donors (Lipinski definition) is 1. The van der Waals surface area contributed by atoms with Crippen molar-refractivity contribution in [2.24, 2.45) is 0 Å². The van der Waals surface area contributed by atoms with Gasteiger partial charge in [0, 0.05) is 14.1 Å². The predicted octanol–water partition coefficient (Wildman–Crippen LogP) is 1.05. The van der Waals surface area contributed by atoms with Crippen molar-refractivity contribution in [3.05, 3.63) is 24.2 Å². The van der Waals surface area contributed by atoms with E-state index in [-0.39, 0.29) is 6.03 Å². The van der Waals surface area contributed by atoms with Crippen LogP contribution < -0.4 is 5.32 Å². The van der Waals surface area contributed by atoms with Crippen LogP contribution in [0.2, 0.25) is 0 Å². The number of carbonyl (C=O) groups is 1. The molecule has 4 heteroatoms. The average molecular weight is 168 g/mol. The number of nitrogens with zero attached hydrogens (tertiary/aromatic N) is 1. The van der Waals surface area contributed by atoms with Gasteiger partial charge in [-0.2, -0.15) is 0 Å². The minimum atomic E-state index is -0.119. The van der Waals surface area contributed by atoms with E-state index in [2.05, 4.69) is 5.32 Å². The number of urea groups is 1. The quantitative estimate of drug-likeness (QED) is 0.717. The van der Waals surface area contributed by atoms with Crippen molar-refractivity contribution >= 4 is 6.03 Å². The van der Waals surface area contributed by atoms with Gasteiger partial charge < -0.3 is 14.6 Å². The van der Waals surface area contributed by atoms with E-state index in [0.717, 1.165) is 5.76 Å². The number of amides is 2. The van der Waals surface area contributed by atoms with Crippen molar-refractivity contribution in [1.29, 1.82) is 0 Å². The van der Waals surface area contributed by atoms with E-state index in [1.807, 2.05) is 6.07 Å². The minimum Gasteiger partial charge on any atom is -0.467 e. The molecule has 0 aliphatic heterocycles. The van der Waals surface area contributed by atoms with Crippen LogP contribution in [0.15, 0.2) is 22.8 Å². The van der Waals surface area contributed by atoms with E-state index < -0.39 is 0 Å². The Morgan fingerprint density at radius 2 is 2.42 bits per heavy atom. The number of hydrogen-bond acceptors (Lipinski definition) is 2. The molecule has 0 aliphatic carbocycles. The summed E-state index contributed by atoms with van der Waals surface area (Å²) in [5, 5.41) is 2.68. The van der Waals surface area contributed by atoms with Crippen LogP contribution in [0.4, 0.5) is 4.79 Å². The van der Waals surface area contributed by atoms with Gasteiger partial charge in [-0.1, -0.05) is 0 Å². The third-order valence-electron chi connectivity index (χ3n) is 1.40. The topological polar surface area (TPSA) is 45.5 Å². The summed E-state index contributed by atoms with van der Waals surface area (Å²) < 4.78 is 5.03. The second-order valence-corrected chi connectivity index (χ2v) is 2.63. The molecule has 0 spiro atoms. The maximum Gasteiger partial charge on any atom is 0.317 e. The van der Waals surface area contributed by atoms with Crippen molar-refractivity contribution < 1.29 is 9.21 Å². The number of furan rings is 1. The van der Waals surface area contributed by atoms with E-state index in [4.69, 9.17) is 4.42 Å². The zero-order valence-electron chi connectivity index (χ0n) is 7.20. The summed E-state index contributed by atoms with van der Waals surface area (Å²) in [7, 11) is 3.38. The van der Waals surface area contributed by atoms with E-state index in [1.165, 1.54) is 4.90 Å². The first kappa shape index (κ1) is 8.64. The highest BCUT2D eigenvalue weighted by molar-refractivity contribution is 5.73. The van der Waals surface area contributed by atoms with Gasteiger partial charge >= 0.3 is 6.03 Å². The standard InChI is InChI=1S/C8H12N2O2/c1-10(2)8(11)9-6-7-4-3-5-12-7/h3-5H,6H2,1-2H3,(H,9,11). The molecule has 12 heavy (non-hydrogen) atoms. The Kier molecular flexibility index (Phi) is 2.74. The monoisotopic (exact) mass is 168 g/mol. The molecule has 0 saturated carbocycles. The van der Waals surface area contributed by atoms with Gasteiger partial charge in [0.05, 0.1) is 12.8 Å². The molecule has 2 amide bonds. The molecule has 0 unspecified atom stereocenters. The lowest BCUT2D eigenvalue weighted by Gasteiger charge is -2.10. The van der Waals surface area contributed by atoms with Crippen LogP contribution in [0.3, 0.4) is 0 Å². The van der Waals surface area contributed by atoms with Crippen molar-refractivity contribution in [3.63, 3.8) is 0 Å². The van der Waals surface area contributed by atoms with Crippen LogP contribution in [0.25, 0.3) is 0 Å². The molecule has 66 valence electrons. The summed E-state index contributed by atoms with van der Waals surface area (Å²) in [5.74, 6) is 0.755. The van der Waals surface area contributed by atoms with E-state index in [0.29, 0.717) is 6.54 Å². The zero-order chi connectivity index (χ0) is 8.97. The molecule has 0 bridgehead atoms. The molecule has 0 fully saturated rings. The maximum absolute atomic E-state index is 11.0.